The molecule has 1 unspecified atom stereocenters. The molecule has 0 radical (unpaired) electrons. The summed E-state index contributed by atoms with van der Waals surface area (Å²) in [5.41, 5.74) is 0. The normalized spacial score (nSPS) is 11.8. The summed E-state index contributed by atoms with van der Waals surface area (Å²) in [7, 11) is 0. The molecule has 1 atom stereocenters. The molecule has 6 nitrogen and oxygen atoms in total. The first-order chi connectivity index (χ1) is 21.9. The SMILES string of the molecule is CCCCCCCCCCCCCCCCCCOCC(CSCCSCCOCC[n+]1ccccc1)Oc1ncccn1.[Cl-]. The Hall–Kier alpha value is -1.06. The highest BCUT2D eigenvalue weighted by Crippen LogP contribution is 2.15. The summed E-state index contributed by atoms with van der Waals surface area (Å²) >= 11 is 3.86. The Morgan fingerprint density at radius 1 is 0.622 bits per heavy atom. The van der Waals surface area contributed by atoms with Gasteiger partial charge < -0.3 is 26.6 Å². The molecule has 2 aromatic heterocycles. The number of hydrogen-bond donors (Lipinski definition) is 0. The van der Waals surface area contributed by atoms with Gasteiger partial charge in [0, 0.05) is 54.1 Å². The number of halogens is 1. The minimum absolute atomic E-state index is 0. The molecule has 0 amide bonds. The third-order valence-corrected chi connectivity index (χ3v) is 9.89. The number of thioether (sulfide) groups is 2. The Labute approximate surface area is 290 Å². The van der Waals surface area contributed by atoms with Crippen molar-refractivity contribution in [2.24, 2.45) is 0 Å². The van der Waals surface area contributed by atoms with E-state index in [-0.39, 0.29) is 18.5 Å². The van der Waals surface area contributed by atoms with Crippen molar-refractivity contribution in [1.82, 2.24) is 9.97 Å². The molecule has 0 aliphatic heterocycles. The lowest BCUT2D eigenvalue weighted by Gasteiger charge is -2.17. The number of pyridine rings is 1. The Kier molecular flexibility index (Phi) is 30.6. The van der Waals surface area contributed by atoms with E-state index in [9.17, 15) is 0 Å². The molecular formula is C36H62ClN3O3S2. The van der Waals surface area contributed by atoms with Crippen molar-refractivity contribution < 1.29 is 31.2 Å². The van der Waals surface area contributed by atoms with Gasteiger partial charge in [0.2, 0.25) is 0 Å². The summed E-state index contributed by atoms with van der Waals surface area (Å²) in [6, 6.07) is 8.37. The Morgan fingerprint density at radius 2 is 1.20 bits per heavy atom. The van der Waals surface area contributed by atoms with Crippen LogP contribution in [0.15, 0.2) is 49.1 Å². The van der Waals surface area contributed by atoms with Crippen LogP contribution in [0.2, 0.25) is 0 Å². The summed E-state index contributed by atoms with van der Waals surface area (Å²) in [4.78, 5) is 8.49. The van der Waals surface area contributed by atoms with Crippen molar-refractivity contribution in [2.75, 3.05) is 49.4 Å². The fourth-order valence-electron chi connectivity index (χ4n) is 4.99. The second kappa shape index (κ2) is 32.9. The van der Waals surface area contributed by atoms with Crippen LogP contribution in [0.3, 0.4) is 0 Å². The van der Waals surface area contributed by atoms with Crippen molar-refractivity contribution in [3.8, 4) is 6.01 Å². The first-order valence-electron chi connectivity index (χ1n) is 17.6. The molecule has 0 aliphatic carbocycles. The molecule has 0 aliphatic rings. The summed E-state index contributed by atoms with van der Waals surface area (Å²) in [6.45, 7) is 6.13. The van der Waals surface area contributed by atoms with Gasteiger partial charge in [-0.25, -0.2) is 14.5 Å². The van der Waals surface area contributed by atoms with Crippen LogP contribution in [0.25, 0.3) is 0 Å². The molecule has 0 aromatic carbocycles. The molecule has 0 fully saturated rings. The third-order valence-electron chi connectivity index (χ3n) is 7.58. The van der Waals surface area contributed by atoms with Crippen LogP contribution < -0.4 is 21.7 Å². The molecular weight excluding hydrogens is 622 g/mol. The molecule has 45 heavy (non-hydrogen) atoms. The van der Waals surface area contributed by atoms with Crippen molar-refractivity contribution in [3.05, 3.63) is 49.1 Å². The molecule has 258 valence electrons. The topological polar surface area (TPSA) is 57.4 Å². The molecule has 0 bridgehead atoms. The fraction of sp³-hybridized carbons (Fsp3) is 0.750. The first-order valence-corrected chi connectivity index (χ1v) is 19.9. The molecule has 0 saturated carbocycles. The molecule has 0 saturated heterocycles. The highest BCUT2D eigenvalue weighted by atomic mass is 35.5. The van der Waals surface area contributed by atoms with E-state index in [2.05, 4.69) is 33.9 Å². The van der Waals surface area contributed by atoms with E-state index in [1.165, 1.54) is 96.3 Å². The van der Waals surface area contributed by atoms with Crippen LogP contribution in [0, 0.1) is 0 Å². The predicted octanol–water partition coefficient (Wildman–Crippen LogP) is 5.98. The highest BCUT2D eigenvalue weighted by Gasteiger charge is 2.13. The van der Waals surface area contributed by atoms with Gasteiger partial charge in [-0.1, -0.05) is 109 Å². The second-order valence-electron chi connectivity index (χ2n) is 11.6. The summed E-state index contributed by atoms with van der Waals surface area (Å²) < 4.78 is 20.0. The Bertz CT molecular complexity index is 858. The second-order valence-corrected chi connectivity index (χ2v) is 13.9. The molecule has 2 heterocycles. The lowest BCUT2D eigenvalue weighted by atomic mass is 10.0. The first kappa shape index (κ1) is 42.0. The third kappa shape index (κ3) is 26.7. The fourth-order valence-corrected chi connectivity index (χ4v) is 6.96. The van der Waals surface area contributed by atoms with Crippen LogP contribution in [-0.4, -0.2) is 65.5 Å². The predicted molar refractivity (Wildman–Crippen MR) is 189 cm³/mol. The average molecular weight is 684 g/mol. The maximum absolute atomic E-state index is 6.06. The molecule has 2 rings (SSSR count). The van der Waals surface area contributed by atoms with Gasteiger partial charge in [-0.15, -0.1) is 0 Å². The van der Waals surface area contributed by atoms with Crippen molar-refractivity contribution >= 4 is 23.5 Å². The van der Waals surface area contributed by atoms with Gasteiger partial charge >= 0.3 is 6.01 Å². The van der Waals surface area contributed by atoms with Gasteiger partial charge in [0.15, 0.2) is 18.9 Å². The van der Waals surface area contributed by atoms with Crippen LogP contribution in [0.1, 0.15) is 110 Å². The lowest BCUT2D eigenvalue weighted by Crippen LogP contribution is -3.00. The van der Waals surface area contributed by atoms with E-state index < -0.39 is 0 Å². The van der Waals surface area contributed by atoms with E-state index in [1.807, 2.05) is 47.8 Å². The summed E-state index contributed by atoms with van der Waals surface area (Å²) in [6.07, 6.45) is 29.7. The lowest BCUT2D eigenvalue weighted by molar-refractivity contribution is -0.698. The van der Waals surface area contributed by atoms with Crippen LogP contribution in [-0.2, 0) is 16.0 Å². The zero-order valence-corrected chi connectivity index (χ0v) is 30.5. The van der Waals surface area contributed by atoms with Gasteiger partial charge in [-0.05, 0) is 12.5 Å². The number of aromatic nitrogens is 3. The van der Waals surface area contributed by atoms with Crippen molar-refractivity contribution in [3.63, 3.8) is 0 Å². The molecule has 0 N–H and O–H groups in total. The zero-order chi connectivity index (χ0) is 31.0. The average Bonchev–Trinajstić information content (AvgIpc) is 3.05. The minimum atomic E-state index is -0.0349. The smallest absolute Gasteiger partial charge is 0.316 e. The van der Waals surface area contributed by atoms with Crippen molar-refractivity contribution in [1.29, 1.82) is 0 Å². The van der Waals surface area contributed by atoms with Gasteiger partial charge in [0.25, 0.3) is 0 Å². The standard InChI is InChI=1S/C36H62N3O3S2.ClH/c1-2-3-4-5-6-7-8-9-10-11-12-13-14-15-16-20-27-41-33-35(42-36-37-22-21-23-38-36)34-44-32-31-43-30-29-40-28-26-39-24-18-17-19-25-39;/h17-19,21-25,35H,2-16,20,26-34H2,1H3;1H/q+1;/p-1. The van der Waals surface area contributed by atoms with Crippen molar-refractivity contribution in [2.45, 2.75) is 122 Å². The number of nitrogens with zero attached hydrogens (tertiary/aromatic N) is 3. The Morgan fingerprint density at radius 3 is 1.82 bits per heavy atom. The van der Waals surface area contributed by atoms with Gasteiger partial charge in [0.1, 0.15) is 12.7 Å². The van der Waals surface area contributed by atoms with Crippen LogP contribution >= 0.6 is 23.5 Å². The van der Waals surface area contributed by atoms with E-state index in [0.29, 0.717) is 12.6 Å². The number of rotatable bonds is 32. The highest BCUT2D eigenvalue weighted by molar-refractivity contribution is 8.02. The van der Waals surface area contributed by atoms with Gasteiger partial charge in [-0.2, -0.15) is 23.5 Å². The van der Waals surface area contributed by atoms with Crippen LogP contribution in [0.5, 0.6) is 6.01 Å². The van der Waals surface area contributed by atoms with E-state index in [0.717, 1.165) is 55.8 Å². The number of ether oxygens (including phenoxy) is 3. The summed E-state index contributed by atoms with van der Waals surface area (Å²) in [5, 5.41) is 0. The molecule has 0 spiro atoms. The maximum atomic E-state index is 6.06. The minimum Gasteiger partial charge on any atom is -1.00 e. The maximum Gasteiger partial charge on any atom is 0.316 e. The number of hydrogen-bond acceptors (Lipinski definition) is 7. The largest absolute Gasteiger partial charge is 1.00 e. The summed E-state index contributed by atoms with van der Waals surface area (Å²) in [5.74, 6) is 4.10. The quantitative estimate of drug-likeness (QED) is 0.0695. The Balaban J connectivity index is 0.0000101. The van der Waals surface area contributed by atoms with Gasteiger partial charge in [-0.3, -0.25) is 0 Å². The van der Waals surface area contributed by atoms with Gasteiger partial charge in [0.05, 0.1) is 13.2 Å². The zero-order valence-electron chi connectivity index (χ0n) is 28.1. The van der Waals surface area contributed by atoms with Crippen LogP contribution in [0.4, 0.5) is 0 Å². The molecule has 9 heteroatoms. The van der Waals surface area contributed by atoms with E-state index >= 15 is 0 Å². The number of unbranched alkanes of at least 4 members (excludes halogenated alkanes) is 15. The monoisotopic (exact) mass is 683 g/mol. The van der Waals surface area contributed by atoms with E-state index in [1.54, 1.807) is 12.4 Å². The van der Waals surface area contributed by atoms with E-state index in [4.69, 9.17) is 14.2 Å². The molecule has 2 aromatic rings.